The van der Waals surface area contributed by atoms with Gasteiger partial charge in [0.15, 0.2) is 16.4 Å². The molecule has 1 fully saturated rings. The number of ether oxygens (including phenoxy) is 1. The Bertz CT molecular complexity index is 799. The lowest BCUT2D eigenvalue weighted by molar-refractivity contribution is -0.125. The van der Waals surface area contributed by atoms with Crippen LogP contribution in [0.5, 0.6) is 0 Å². The summed E-state index contributed by atoms with van der Waals surface area (Å²) in [5.74, 6) is -2.68. The molecular weight excluding hydrogens is 384 g/mol. The molecule has 1 aliphatic rings. The van der Waals surface area contributed by atoms with E-state index < -0.39 is 39.7 Å². The van der Waals surface area contributed by atoms with Gasteiger partial charge in [0, 0.05) is 0 Å². The molecule has 0 aromatic heterocycles. The molecule has 1 aliphatic heterocycles. The standard InChI is InChI=1S/C14H14Cl2FNO5S/c1-14(2-3-24(21,22)7-14)18-12(19)6-23-13(20)8-4-11(17)10(16)5-9(8)15/h4-5H,2-3,6-7H2,1H3,(H,18,19)/t14-/m0/s1. The summed E-state index contributed by atoms with van der Waals surface area (Å²) in [5.41, 5.74) is -1.16. The normalized spacial score (nSPS) is 22.2. The molecule has 1 aromatic carbocycles. The summed E-state index contributed by atoms with van der Waals surface area (Å²) in [6.45, 7) is 0.956. The van der Waals surface area contributed by atoms with E-state index in [0.717, 1.165) is 12.1 Å². The second-order valence-corrected chi connectivity index (χ2v) is 8.77. The molecule has 1 N–H and O–H groups in total. The van der Waals surface area contributed by atoms with Crippen molar-refractivity contribution in [2.45, 2.75) is 18.9 Å². The first-order valence-corrected chi connectivity index (χ1v) is 9.42. The highest BCUT2D eigenvalue weighted by Crippen LogP contribution is 2.25. The first-order chi connectivity index (χ1) is 11.0. The molecular formula is C14H14Cl2FNO5S. The molecule has 1 saturated heterocycles. The molecule has 10 heteroatoms. The SMILES string of the molecule is C[C@]1(NC(=O)COC(=O)c2cc(F)c(Cl)cc2Cl)CCS(=O)(=O)C1. The topological polar surface area (TPSA) is 89.5 Å². The second kappa shape index (κ2) is 6.85. The molecule has 1 amide bonds. The molecule has 0 saturated carbocycles. The summed E-state index contributed by atoms with van der Waals surface area (Å²) in [4.78, 5) is 23.7. The molecule has 0 spiro atoms. The molecule has 0 bridgehead atoms. The minimum absolute atomic E-state index is 0.0107. The zero-order valence-electron chi connectivity index (χ0n) is 12.6. The van der Waals surface area contributed by atoms with Gasteiger partial charge in [-0.3, -0.25) is 4.79 Å². The van der Waals surface area contributed by atoms with Gasteiger partial charge in [-0.05, 0) is 25.5 Å². The molecule has 132 valence electrons. The molecule has 1 aromatic rings. The van der Waals surface area contributed by atoms with Crippen molar-refractivity contribution in [3.05, 3.63) is 33.6 Å². The highest BCUT2D eigenvalue weighted by atomic mass is 35.5. The third-order valence-electron chi connectivity index (χ3n) is 3.51. The van der Waals surface area contributed by atoms with Crippen LogP contribution >= 0.6 is 23.2 Å². The maximum absolute atomic E-state index is 13.4. The quantitative estimate of drug-likeness (QED) is 0.619. The van der Waals surface area contributed by atoms with Crippen LogP contribution in [-0.2, 0) is 19.4 Å². The Kier molecular flexibility index (Phi) is 5.41. The lowest BCUT2D eigenvalue weighted by Gasteiger charge is -2.23. The molecule has 1 atom stereocenters. The van der Waals surface area contributed by atoms with Crippen LogP contribution < -0.4 is 5.32 Å². The third kappa shape index (κ3) is 4.58. The van der Waals surface area contributed by atoms with Crippen LogP contribution in [0.25, 0.3) is 0 Å². The fourth-order valence-electron chi connectivity index (χ4n) is 2.37. The van der Waals surface area contributed by atoms with E-state index in [2.05, 4.69) is 5.32 Å². The Labute approximate surface area is 148 Å². The Morgan fingerprint density at radius 2 is 2.00 bits per heavy atom. The van der Waals surface area contributed by atoms with Gasteiger partial charge in [-0.1, -0.05) is 23.2 Å². The maximum Gasteiger partial charge on any atom is 0.340 e. The predicted molar refractivity (Wildman–Crippen MR) is 86.5 cm³/mol. The van der Waals surface area contributed by atoms with Gasteiger partial charge in [-0.2, -0.15) is 0 Å². The summed E-state index contributed by atoms with van der Waals surface area (Å²) in [7, 11) is -3.18. The number of carbonyl (C=O) groups excluding carboxylic acids is 2. The van der Waals surface area contributed by atoms with Gasteiger partial charge >= 0.3 is 5.97 Å². The average Bonchev–Trinajstić information content (AvgIpc) is 2.73. The van der Waals surface area contributed by atoms with Gasteiger partial charge in [0.2, 0.25) is 0 Å². The van der Waals surface area contributed by atoms with E-state index in [0.29, 0.717) is 0 Å². The zero-order valence-corrected chi connectivity index (χ0v) is 14.9. The Balaban J connectivity index is 1.95. The van der Waals surface area contributed by atoms with Gasteiger partial charge in [-0.15, -0.1) is 0 Å². The first kappa shape index (κ1) is 19.0. The van der Waals surface area contributed by atoms with Crippen LogP contribution in [0.15, 0.2) is 12.1 Å². The second-order valence-electron chi connectivity index (χ2n) is 5.77. The van der Waals surface area contributed by atoms with Crippen molar-refractivity contribution in [2.24, 2.45) is 0 Å². The predicted octanol–water partition coefficient (Wildman–Crippen LogP) is 1.98. The number of hydrogen-bond acceptors (Lipinski definition) is 5. The molecule has 0 unspecified atom stereocenters. The van der Waals surface area contributed by atoms with E-state index in [1.807, 2.05) is 0 Å². The maximum atomic E-state index is 13.4. The molecule has 0 radical (unpaired) electrons. The lowest BCUT2D eigenvalue weighted by atomic mass is 10.0. The Hall–Kier alpha value is -1.38. The van der Waals surface area contributed by atoms with E-state index in [1.54, 1.807) is 6.92 Å². The monoisotopic (exact) mass is 397 g/mol. The third-order valence-corrected chi connectivity index (χ3v) is 6.01. The molecule has 24 heavy (non-hydrogen) atoms. The average molecular weight is 398 g/mol. The van der Waals surface area contributed by atoms with Crippen LogP contribution in [0, 0.1) is 5.82 Å². The van der Waals surface area contributed by atoms with E-state index >= 15 is 0 Å². The number of amides is 1. The summed E-state index contributed by atoms with van der Waals surface area (Å²) < 4.78 is 41.1. The number of benzene rings is 1. The van der Waals surface area contributed by atoms with Gasteiger partial charge in [0.05, 0.1) is 32.7 Å². The van der Waals surface area contributed by atoms with E-state index in [1.165, 1.54) is 0 Å². The van der Waals surface area contributed by atoms with Crippen LogP contribution in [0.1, 0.15) is 23.7 Å². The molecule has 2 rings (SSSR count). The Morgan fingerprint density at radius 1 is 1.33 bits per heavy atom. The molecule has 6 nitrogen and oxygen atoms in total. The molecule has 0 aliphatic carbocycles. The van der Waals surface area contributed by atoms with Gasteiger partial charge < -0.3 is 10.1 Å². The number of sulfone groups is 1. The fourth-order valence-corrected chi connectivity index (χ4v) is 4.92. The summed E-state index contributed by atoms with van der Waals surface area (Å²) >= 11 is 11.3. The van der Waals surface area contributed by atoms with Crippen LogP contribution in [-0.4, -0.2) is 43.9 Å². The number of halogens is 3. The van der Waals surface area contributed by atoms with Crippen LogP contribution in [0.2, 0.25) is 10.0 Å². The van der Waals surface area contributed by atoms with Crippen molar-refractivity contribution in [1.82, 2.24) is 5.32 Å². The van der Waals surface area contributed by atoms with Crippen molar-refractivity contribution >= 4 is 44.9 Å². The summed E-state index contributed by atoms with van der Waals surface area (Å²) in [6.07, 6.45) is 0.281. The minimum atomic E-state index is -3.18. The van der Waals surface area contributed by atoms with Crippen molar-refractivity contribution in [1.29, 1.82) is 0 Å². The van der Waals surface area contributed by atoms with Gasteiger partial charge in [0.1, 0.15) is 5.82 Å². The highest BCUT2D eigenvalue weighted by molar-refractivity contribution is 7.91. The fraction of sp³-hybridized carbons (Fsp3) is 0.429. The van der Waals surface area contributed by atoms with Crippen LogP contribution in [0.4, 0.5) is 4.39 Å². The number of carbonyl (C=O) groups is 2. The van der Waals surface area contributed by atoms with E-state index in [4.69, 9.17) is 27.9 Å². The van der Waals surface area contributed by atoms with E-state index in [-0.39, 0.29) is 33.5 Å². The number of nitrogens with one attached hydrogen (secondary N) is 1. The highest BCUT2D eigenvalue weighted by Gasteiger charge is 2.39. The van der Waals surface area contributed by atoms with Crippen molar-refractivity contribution in [3.63, 3.8) is 0 Å². The summed E-state index contributed by atoms with van der Waals surface area (Å²) in [6, 6.07) is 1.87. The first-order valence-electron chi connectivity index (χ1n) is 6.84. The number of rotatable bonds is 4. The lowest BCUT2D eigenvalue weighted by Crippen LogP contribution is -2.48. The van der Waals surface area contributed by atoms with E-state index in [9.17, 15) is 22.4 Å². The van der Waals surface area contributed by atoms with Gasteiger partial charge in [0.25, 0.3) is 5.91 Å². The number of hydrogen-bond donors (Lipinski definition) is 1. The number of esters is 1. The minimum Gasteiger partial charge on any atom is -0.452 e. The smallest absolute Gasteiger partial charge is 0.340 e. The molecule has 1 heterocycles. The largest absolute Gasteiger partial charge is 0.452 e. The summed E-state index contributed by atoms with van der Waals surface area (Å²) in [5, 5.41) is 2.17. The van der Waals surface area contributed by atoms with Crippen molar-refractivity contribution < 1.29 is 27.1 Å². The zero-order chi connectivity index (χ0) is 18.1. The van der Waals surface area contributed by atoms with Crippen LogP contribution in [0.3, 0.4) is 0 Å². The van der Waals surface area contributed by atoms with Crippen molar-refractivity contribution in [3.8, 4) is 0 Å². The van der Waals surface area contributed by atoms with Gasteiger partial charge in [-0.25, -0.2) is 17.6 Å². The Morgan fingerprint density at radius 3 is 2.58 bits per heavy atom. The van der Waals surface area contributed by atoms with Crippen molar-refractivity contribution in [2.75, 3.05) is 18.1 Å².